The molecule has 12 heavy (non-hydrogen) atoms. The van der Waals surface area contributed by atoms with Crippen molar-refractivity contribution in [2.24, 2.45) is 5.73 Å². The molecule has 1 aromatic carbocycles. The quantitative estimate of drug-likeness (QED) is 0.808. The Kier molecular flexibility index (Phi) is 2.65. The minimum atomic E-state index is -0.965. The average molecular weight is 234 g/mol. The smallest absolute Gasteiger partial charge is 0.409 e. The molecule has 0 aliphatic heterocycles. The average Bonchev–Trinajstić information content (AvgIpc) is 1.81. The van der Waals surface area contributed by atoms with Crippen LogP contribution in [0.1, 0.15) is 0 Å². The number of halogens is 2. The third kappa shape index (κ3) is 2.50. The zero-order valence-electron chi connectivity index (χ0n) is 5.88. The van der Waals surface area contributed by atoms with Crippen LogP contribution in [0.3, 0.4) is 0 Å². The molecule has 1 aromatic rings. The molecule has 0 saturated heterocycles. The molecule has 0 heterocycles. The molecule has 0 radical (unpaired) electrons. The molecule has 0 atom stereocenters. The molecular weight excluding hydrogens is 229 g/mol. The predicted molar refractivity (Wildman–Crippen MR) is 44.3 cm³/mol. The number of ether oxygens (including phenoxy) is 1. The SMILES string of the molecule is NC(=O)Oc1cc(F)cc(Br)c1. The van der Waals surface area contributed by atoms with Gasteiger partial charge in [0.2, 0.25) is 0 Å². The number of hydrogen-bond acceptors (Lipinski definition) is 2. The van der Waals surface area contributed by atoms with Gasteiger partial charge in [0.05, 0.1) is 0 Å². The topological polar surface area (TPSA) is 52.3 Å². The first-order chi connectivity index (χ1) is 5.58. The van der Waals surface area contributed by atoms with E-state index in [-0.39, 0.29) is 5.75 Å². The molecule has 0 aromatic heterocycles. The molecule has 0 aliphatic carbocycles. The number of nitrogens with two attached hydrogens (primary N) is 1. The Labute approximate surface area is 76.4 Å². The van der Waals surface area contributed by atoms with Gasteiger partial charge in [0.25, 0.3) is 0 Å². The lowest BCUT2D eigenvalue weighted by atomic mass is 10.3. The van der Waals surface area contributed by atoms with Crippen LogP contribution >= 0.6 is 15.9 Å². The van der Waals surface area contributed by atoms with Crippen molar-refractivity contribution >= 4 is 22.0 Å². The fourth-order valence-electron chi connectivity index (χ4n) is 0.704. The summed E-state index contributed by atoms with van der Waals surface area (Å²) in [6.07, 6.45) is -0.965. The van der Waals surface area contributed by atoms with E-state index < -0.39 is 11.9 Å². The first-order valence-corrected chi connectivity index (χ1v) is 3.80. The summed E-state index contributed by atoms with van der Waals surface area (Å²) >= 11 is 3.03. The number of carbonyl (C=O) groups is 1. The van der Waals surface area contributed by atoms with Crippen LogP contribution < -0.4 is 10.5 Å². The highest BCUT2D eigenvalue weighted by molar-refractivity contribution is 9.10. The molecule has 1 rings (SSSR count). The number of hydrogen-bond donors (Lipinski definition) is 1. The van der Waals surface area contributed by atoms with E-state index in [1.807, 2.05) is 0 Å². The van der Waals surface area contributed by atoms with Gasteiger partial charge in [-0.2, -0.15) is 0 Å². The summed E-state index contributed by atoms with van der Waals surface area (Å²) in [6.45, 7) is 0. The molecule has 0 aliphatic rings. The zero-order valence-corrected chi connectivity index (χ0v) is 7.47. The van der Waals surface area contributed by atoms with E-state index in [1.165, 1.54) is 12.1 Å². The maximum Gasteiger partial charge on any atom is 0.409 e. The second-order valence-corrected chi connectivity index (χ2v) is 2.94. The Morgan fingerprint density at radius 2 is 2.17 bits per heavy atom. The number of amides is 1. The highest BCUT2D eigenvalue weighted by Crippen LogP contribution is 2.20. The number of benzene rings is 1. The minimum Gasteiger partial charge on any atom is -0.410 e. The summed E-state index contributed by atoms with van der Waals surface area (Å²) < 4.78 is 17.5. The second kappa shape index (κ2) is 3.53. The van der Waals surface area contributed by atoms with Crippen molar-refractivity contribution in [3.8, 4) is 5.75 Å². The van der Waals surface area contributed by atoms with Crippen LogP contribution in [0, 0.1) is 5.82 Å². The molecule has 0 saturated carbocycles. The molecule has 0 fully saturated rings. The lowest BCUT2D eigenvalue weighted by Crippen LogP contribution is -2.16. The van der Waals surface area contributed by atoms with Gasteiger partial charge in [-0.25, -0.2) is 9.18 Å². The highest BCUT2D eigenvalue weighted by Gasteiger charge is 2.02. The Hall–Kier alpha value is -1.10. The van der Waals surface area contributed by atoms with Crippen molar-refractivity contribution in [2.75, 3.05) is 0 Å². The third-order valence-electron chi connectivity index (χ3n) is 1.05. The van der Waals surface area contributed by atoms with Crippen molar-refractivity contribution in [1.82, 2.24) is 0 Å². The maximum atomic E-state index is 12.6. The van der Waals surface area contributed by atoms with Crippen LogP contribution in [0.15, 0.2) is 22.7 Å². The first-order valence-electron chi connectivity index (χ1n) is 3.01. The van der Waals surface area contributed by atoms with Crippen molar-refractivity contribution in [3.63, 3.8) is 0 Å². The molecule has 3 nitrogen and oxygen atoms in total. The lowest BCUT2D eigenvalue weighted by molar-refractivity contribution is 0.210. The van der Waals surface area contributed by atoms with Gasteiger partial charge in [0.15, 0.2) is 0 Å². The van der Waals surface area contributed by atoms with Crippen LogP contribution in [0.5, 0.6) is 5.75 Å². The van der Waals surface area contributed by atoms with E-state index in [0.717, 1.165) is 6.07 Å². The van der Waals surface area contributed by atoms with Gasteiger partial charge in [-0.05, 0) is 12.1 Å². The van der Waals surface area contributed by atoms with Crippen LogP contribution in [0.25, 0.3) is 0 Å². The normalized spacial score (nSPS) is 9.50. The predicted octanol–water partition coefficient (Wildman–Crippen LogP) is 2.05. The largest absolute Gasteiger partial charge is 0.410 e. The summed E-state index contributed by atoms with van der Waals surface area (Å²) in [6, 6.07) is 3.75. The maximum absolute atomic E-state index is 12.6. The summed E-state index contributed by atoms with van der Waals surface area (Å²) in [5.41, 5.74) is 4.73. The van der Waals surface area contributed by atoms with Gasteiger partial charge in [-0.15, -0.1) is 0 Å². The van der Waals surface area contributed by atoms with E-state index in [2.05, 4.69) is 20.7 Å². The summed E-state index contributed by atoms with van der Waals surface area (Å²) in [5, 5.41) is 0. The first kappa shape index (κ1) is 8.99. The number of primary amides is 1. The van der Waals surface area contributed by atoms with Crippen LogP contribution in [0.2, 0.25) is 0 Å². The molecule has 0 spiro atoms. The summed E-state index contributed by atoms with van der Waals surface area (Å²) in [4.78, 5) is 10.3. The Balaban J connectivity index is 2.93. The summed E-state index contributed by atoms with van der Waals surface area (Å²) in [5.74, 6) is -0.421. The third-order valence-corrected chi connectivity index (χ3v) is 1.51. The van der Waals surface area contributed by atoms with Gasteiger partial charge in [0, 0.05) is 10.5 Å². The van der Waals surface area contributed by atoms with E-state index >= 15 is 0 Å². The Bertz CT molecular complexity index is 296. The fraction of sp³-hybridized carbons (Fsp3) is 0. The zero-order chi connectivity index (χ0) is 9.14. The van der Waals surface area contributed by atoms with Crippen molar-refractivity contribution in [3.05, 3.63) is 28.5 Å². The van der Waals surface area contributed by atoms with Crippen LogP contribution in [0.4, 0.5) is 9.18 Å². The van der Waals surface area contributed by atoms with E-state index in [1.54, 1.807) is 0 Å². The highest BCUT2D eigenvalue weighted by atomic mass is 79.9. The van der Waals surface area contributed by atoms with Gasteiger partial charge in [0.1, 0.15) is 11.6 Å². The molecule has 0 unspecified atom stereocenters. The Morgan fingerprint density at radius 3 is 2.67 bits per heavy atom. The molecule has 64 valence electrons. The molecule has 5 heteroatoms. The van der Waals surface area contributed by atoms with Crippen LogP contribution in [-0.4, -0.2) is 6.09 Å². The minimum absolute atomic E-state index is 0.0781. The molecular formula is C7H5BrFNO2. The van der Waals surface area contributed by atoms with Crippen molar-refractivity contribution < 1.29 is 13.9 Å². The van der Waals surface area contributed by atoms with E-state index in [4.69, 9.17) is 5.73 Å². The lowest BCUT2D eigenvalue weighted by Gasteiger charge is -2.00. The monoisotopic (exact) mass is 233 g/mol. The number of carbonyl (C=O) groups excluding carboxylic acids is 1. The number of rotatable bonds is 1. The van der Waals surface area contributed by atoms with Gasteiger partial charge < -0.3 is 10.5 Å². The Morgan fingerprint density at radius 1 is 1.50 bits per heavy atom. The summed E-state index contributed by atoms with van der Waals surface area (Å²) in [7, 11) is 0. The van der Waals surface area contributed by atoms with Gasteiger partial charge in [-0.3, -0.25) is 0 Å². The van der Waals surface area contributed by atoms with Gasteiger partial charge >= 0.3 is 6.09 Å². The van der Waals surface area contributed by atoms with E-state index in [9.17, 15) is 9.18 Å². The van der Waals surface area contributed by atoms with Gasteiger partial charge in [-0.1, -0.05) is 15.9 Å². The molecule has 0 bridgehead atoms. The second-order valence-electron chi connectivity index (χ2n) is 2.03. The van der Waals surface area contributed by atoms with E-state index in [0.29, 0.717) is 4.47 Å². The van der Waals surface area contributed by atoms with Crippen LogP contribution in [-0.2, 0) is 0 Å². The molecule has 2 N–H and O–H groups in total. The van der Waals surface area contributed by atoms with Crippen molar-refractivity contribution in [1.29, 1.82) is 0 Å². The fourth-order valence-corrected chi connectivity index (χ4v) is 1.15. The standard InChI is InChI=1S/C7H5BrFNO2/c8-4-1-5(9)3-6(2-4)12-7(10)11/h1-3H,(H2,10,11). The molecule has 1 amide bonds. The van der Waals surface area contributed by atoms with Crippen molar-refractivity contribution in [2.45, 2.75) is 0 Å².